The number of ether oxygens (including phenoxy) is 3. The van der Waals surface area contributed by atoms with Crippen molar-refractivity contribution in [3.05, 3.63) is 53.3 Å². The van der Waals surface area contributed by atoms with E-state index in [0.29, 0.717) is 30.6 Å². The maximum Gasteiger partial charge on any atom is 0.143 e. The Morgan fingerprint density at radius 3 is 2.57 bits per heavy atom. The van der Waals surface area contributed by atoms with Crippen molar-refractivity contribution >= 4 is 38.9 Å². The number of benzene rings is 2. The third-order valence-electron chi connectivity index (χ3n) is 4.60. The second-order valence-corrected chi connectivity index (χ2v) is 7.66. The van der Waals surface area contributed by atoms with Gasteiger partial charge in [0.15, 0.2) is 0 Å². The van der Waals surface area contributed by atoms with Gasteiger partial charge >= 0.3 is 0 Å². The highest BCUT2D eigenvalue weighted by atomic mass is 79.9. The largest absolute Gasteiger partial charge is 0.497 e. The van der Waals surface area contributed by atoms with Crippen LogP contribution in [0, 0.1) is 0 Å². The summed E-state index contributed by atoms with van der Waals surface area (Å²) < 4.78 is 18.3. The van der Waals surface area contributed by atoms with Gasteiger partial charge in [-0.1, -0.05) is 6.07 Å². The average molecular weight is 471 g/mol. The molecule has 1 aromatic heterocycles. The number of fused-ring (bicyclic) bond motifs is 5. The SMILES string of the molecule is COc1cc2cc(c1)OCCCCCOc1cccc(Br)c1Nc1cc(ncn1)N2. The van der Waals surface area contributed by atoms with E-state index in [1.807, 2.05) is 42.5 Å². The number of hydrogen-bond donors (Lipinski definition) is 2. The Hall–Kier alpha value is -3.00. The topological polar surface area (TPSA) is 77.5 Å². The van der Waals surface area contributed by atoms with E-state index in [1.165, 1.54) is 6.33 Å². The maximum absolute atomic E-state index is 6.02. The highest BCUT2D eigenvalue weighted by Gasteiger charge is 2.11. The standard InChI is InChI=1S/C22H23BrN4O3/c1-28-16-10-15-11-17(12-16)29-8-3-2-4-9-30-19-7-5-6-18(23)22(19)27-21-13-20(26-15)24-14-25-21/h5-7,10-14H,2-4,8-9H2,1H3,(H2,24,25,26,27). The van der Waals surface area contributed by atoms with Crippen LogP contribution in [-0.4, -0.2) is 30.3 Å². The van der Waals surface area contributed by atoms with E-state index in [0.717, 1.165) is 46.6 Å². The second kappa shape index (κ2) is 9.67. The zero-order chi connectivity index (χ0) is 20.8. The number of rotatable bonds is 1. The molecule has 156 valence electrons. The fraction of sp³-hybridized carbons (Fsp3) is 0.273. The summed E-state index contributed by atoms with van der Waals surface area (Å²) in [4.78, 5) is 8.67. The van der Waals surface area contributed by atoms with Gasteiger partial charge in [0.1, 0.15) is 35.2 Å². The Bertz CT molecular complexity index is 1020. The quantitative estimate of drug-likeness (QED) is 0.473. The molecule has 8 heteroatoms. The number of nitrogens with zero attached hydrogens (tertiary/aromatic N) is 2. The van der Waals surface area contributed by atoms with E-state index in [1.54, 1.807) is 7.11 Å². The van der Waals surface area contributed by atoms with Crippen LogP contribution in [0.15, 0.2) is 53.3 Å². The van der Waals surface area contributed by atoms with Gasteiger partial charge in [-0.2, -0.15) is 0 Å². The first-order valence-electron chi connectivity index (χ1n) is 9.80. The van der Waals surface area contributed by atoms with Gasteiger partial charge < -0.3 is 24.8 Å². The molecule has 0 saturated carbocycles. The Labute approximate surface area is 183 Å². The normalized spacial score (nSPS) is 14.1. The number of nitrogens with one attached hydrogen (secondary N) is 2. The Morgan fingerprint density at radius 1 is 0.933 bits per heavy atom. The molecule has 4 rings (SSSR count). The molecular weight excluding hydrogens is 448 g/mol. The van der Waals surface area contributed by atoms with Crippen molar-refractivity contribution in [2.24, 2.45) is 0 Å². The Morgan fingerprint density at radius 2 is 1.73 bits per heavy atom. The molecule has 2 aromatic carbocycles. The van der Waals surface area contributed by atoms with Crippen molar-refractivity contribution in [3.8, 4) is 17.2 Å². The van der Waals surface area contributed by atoms with Crippen LogP contribution < -0.4 is 24.8 Å². The highest BCUT2D eigenvalue weighted by Crippen LogP contribution is 2.35. The second-order valence-electron chi connectivity index (χ2n) is 6.81. The van der Waals surface area contributed by atoms with E-state index in [9.17, 15) is 0 Å². The zero-order valence-corrected chi connectivity index (χ0v) is 18.2. The van der Waals surface area contributed by atoms with Crippen LogP contribution >= 0.6 is 15.9 Å². The third kappa shape index (κ3) is 5.13. The number of aromatic nitrogens is 2. The predicted octanol–water partition coefficient (Wildman–Crippen LogP) is 5.68. The van der Waals surface area contributed by atoms with Crippen molar-refractivity contribution in [2.45, 2.75) is 19.3 Å². The lowest BCUT2D eigenvalue weighted by molar-refractivity contribution is 0.279. The summed E-state index contributed by atoms with van der Waals surface area (Å²) in [6.07, 6.45) is 4.41. The maximum atomic E-state index is 6.02. The van der Waals surface area contributed by atoms with Crippen LogP contribution in [-0.2, 0) is 0 Å². The van der Waals surface area contributed by atoms with Crippen LogP contribution in [0.1, 0.15) is 19.3 Å². The average Bonchev–Trinajstić information content (AvgIpc) is 2.75. The third-order valence-corrected chi connectivity index (χ3v) is 5.26. The highest BCUT2D eigenvalue weighted by molar-refractivity contribution is 9.10. The Kier molecular flexibility index (Phi) is 6.53. The van der Waals surface area contributed by atoms with Gasteiger partial charge in [-0.05, 0) is 47.3 Å². The van der Waals surface area contributed by atoms with Crippen molar-refractivity contribution in [1.29, 1.82) is 0 Å². The van der Waals surface area contributed by atoms with E-state index in [2.05, 4.69) is 36.5 Å². The summed E-state index contributed by atoms with van der Waals surface area (Å²) >= 11 is 3.60. The van der Waals surface area contributed by atoms with Gasteiger partial charge in [0, 0.05) is 34.4 Å². The molecule has 0 radical (unpaired) electrons. The van der Waals surface area contributed by atoms with E-state index in [4.69, 9.17) is 14.2 Å². The van der Waals surface area contributed by atoms with Gasteiger partial charge in [-0.15, -0.1) is 0 Å². The van der Waals surface area contributed by atoms with Crippen molar-refractivity contribution in [3.63, 3.8) is 0 Å². The fourth-order valence-corrected chi connectivity index (χ4v) is 3.56. The number of anilines is 4. The molecule has 7 nitrogen and oxygen atoms in total. The van der Waals surface area contributed by atoms with Gasteiger partial charge in [0.25, 0.3) is 0 Å². The predicted molar refractivity (Wildman–Crippen MR) is 121 cm³/mol. The van der Waals surface area contributed by atoms with Crippen molar-refractivity contribution < 1.29 is 14.2 Å². The number of methoxy groups -OCH3 is 1. The lowest BCUT2D eigenvalue weighted by Gasteiger charge is -2.15. The first kappa shape index (κ1) is 20.3. The summed E-state index contributed by atoms with van der Waals surface area (Å²) in [5.41, 5.74) is 1.65. The Balaban J connectivity index is 1.67. The number of hydrogen-bond acceptors (Lipinski definition) is 7. The monoisotopic (exact) mass is 470 g/mol. The lowest BCUT2D eigenvalue weighted by Crippen LogP contribution is -2.03. The molecule has 0 atom stereocenters. The molecule has 0 amide bonds. The molecule has 4 bridgehead atoms. The molecule has 2 heterocycles. The van der Waals surface area contributed by atoms with Crippen molar-refractivity contribution in [1.82, 2.24) is 9.97 Å². The van der Waals surface area contributed by atoms with Crippen LogP contribution in [0.2, 0.25) is 0 Å². The van der Waals surface area contributed by atoms with Gasteiger partial charge in [-0.3, -0.25) is 0 Å². The van der Waals surface area contributed by atoms with Gasteiger partial charge in [0.2, 0.25) is 0 Å². The fourth-order valence-electron chi connectivity index (χ4n) is 3.11. The molecule has 0 fully saturated rings. The minimum Gasteiger partial charge on any atom is -0.497 e. The number of para-hydroxylation sites is 1. The molecule has 1 aliphatic heterocycles. The van der Waals surface area contributed by atoms with E-state index >= 15 is 0 Å². The molecule has 0 spiro atoms. The first-order valence-corrected chi connectivity index (χ1v) is 10.6. The smallest absolute Gasteiger partial charge is 0.143 e. The molecule has 0 saturated heterocycles. The van der Waals surface area contributed by atoms with Crippen LogP contribution in [0.25, 0.3) is 0 Å². The summed E-state index contributed by atoms with van der Waals surface area (Å²) in [6.45, 7) is 1.26. The van der Waals surface area contributed by atoms with Gasteiger partial charge in [-0.25, -0.2) is 9.97 Å². The lowest BCUT2D eigenvalue weighted by atomic mass is 10.2. The molecule has 0 aliphatic carbocycles. The molecule has 0 unspecified atom stereocenters. The summed E-state index contributed by atoms with van der Waals surface area (Å²) in [5, 5.41) is 6.64. The summed E-state index contributed by atoms with van der Waals surface area (Å²) in [6, 6.07) is 13.4. The number of halogens is 1. The van der Waals surface area contributed by atoms with Crippen LogP contribution in [0.4, 0.5) is 23.0 Å². The van der Waals surface area contributed by atoms with E-state index in [-0.39, 0.29) is 0 Å². The summed E-state index contributed by atoms with van der Waals surface area (Å²) in [7, 11) is 1.64. The van der Waals surface area contributed by atoms with Crippen LogP contribution in [0.5, 0.6) is 17.2 Å². The molecule has 1 aliphatic rings. The van der Waals surface area contributed by atoms with Crippen molar-refractivity contribution in [2.75, 3.05) is 31.0 Å². The minimum absolute atomic E-state index is 0.630. The summed E-state index contributed by atoms with van der Waals surface area (Å²) in [5.74, 6) is 3.53. The van der Waals surface area contributed by atoms with Gasteiger partial charge in [0.05, 0.1) is 26.0 Å². The first-order chi connectivity index (χ1) is 14.7. The van der Waals surface area contributed by atoms with E-state index < -0.39 is 0 Å². The zero-order valence-electron chi connectivity index (χ0n) is 16.7. The molecule has 3 aromatic rings. The molecule has 2 N–H and O–H groups in total. The molecule has 30 heavy (non-hydrogen) atoms. The van der Waals surface area contributed by atoms with Crippen LogP contribution in [0.3, 0.4) is 0 Å². The molecular formula is C22H23BrN4O3. The minimum atomic E-state index is 0.630.